The van der Waals surface area contributed by atoms with Crippen molar-refractivity contribution in [2.45, 2.75) is 25.8 Å². The smallest absolute Gasteiger partial charge is 0.276 e. The molecule has 0 spiro atoms. The standard InChI is InChI=1S/C20H22ClN3O3/c1-14-6-7-15-4-2-3-5-18(15)24(14)12-19(25)22-23-20(26)13-27-17-10-8-16(21)9-11-17/h2-5,8-11,14H,6-7,12-13H2,1H3,(H,22,25)(H,23,26)/t14-/m1/s1. The van der Waals surface area contributed by atoms with Crippen LogP contribution in [0, 0.1) is 0 Å². The molecule has 0 radical (unpaired) electrons. The lowest BCUT2D eigenvalue weighted by Crippen LogP contribution is -2.50. The van der Waals surface area contributed by atoms with E-state index >= 15 is 0 Å². The summed E-state index contributed by atoms with van der Waals surface area (Å²) in [6.07, 6.45) is 2.00. The minimum Gasteiger partial charge on any atom is -0.484 e. The highest BCUT2D eigenvalue weighted by Gasteiger charge is 2.24. The first-order chi connectivity index (χ1) is 13.0. The summed E-state index contributed by atoms with van der Waals surface area (Å²) in [7, 11) is 0. The molecule has 27 heavy (non-hydrogen) atoms. The average molecular weight is 388 g/mol. The van der Waals surface area contributed by atoms with Gasteiger partial charge in [-0.15, -0.1) is 0 Å². The lowest BCUT2D eigenvalue weighted by Gasteiger charge is -2.36. The van der Waals surface area contributed by atoms with Gasteiger partial charge in [0.1, 0.15) is 5.75 Å². The van der Waals surface area contributed by atoms with Crippen LogP contribution in [0.4, 0.5) is 5.69 Å². The van der Waals surface area contributed by atoms with Gasteiger partial charge in [-0.1, -0.05) is 29.8 Å². The number of carbonyl (C=O) groups is 2. The van der Waals surface area contributed by atoms with Crippen LogP contribution in [0.25, 0.3) is 0 Å². The molecule has 1 aliphatic heterocycles. The maximum atomic E-state index is 12.3. The predicted molar refractivity (Wildman–Crippen MR) is 105 cm³/mol. The first-order valence-corrected chi connectivity index (χ1v) is 9.21. The minimum atomic E-state index is -0.439. The molecule has 0 unspecified atom stereocenters. The van der Waals surface area contributed by atoms with Crippen LogP contribution in [0.15, 0.2) is 48.5 Å². The number of nitrogens with one attached hydrogen (secondary N) is 2. The second-order valence-corrected chi connectivity index (χ2v) is 6.92. The van der Waals surface area contributed by atoms with Gasteiger partial charge in [0.2, 0.25) is 0 Å². The molecule has 7 heteroatoms. The van der Waals surface area contributed by atoms with Gasteiger partial charge in [0.15, 0.2) is 6.61 Å². The quantitative estimate of drug-likeness (QED) is 0.774. The molecule has 6 nitrogen and oxygen atoms in total. The number of anilines is 1. The normalized spacial score (nSPS) is 15.6. The van der Waals surface area contributed by atoms with Crippen molar-refractivity contribution in [2.75, 3.05) is 18.1 Å². The third-order valence-corrected chi connectivity index (χ3v) is 4.76. The van der Waals surface area contributed by atoms with E-state index in [4.69, 9.17) is 16.3 Å². The summed E-state index contributed by atoms with van der Waals surface area (Å²) in [4.78, 5) is 26.2. The largest absolute Gasteiger partial charge is 0.484 e. The van der Waals surface area contributed by atoms with Gasteiger partial charge in [0, 0.05) is 16.8 Å². The van der Waals surface area contributed by atoms with Crippen molar-refractivity contribution in [1.82, 2.24) is 10.9 Å². The molecule has 142 valence electrons. The summed E-state index contributed by atoms with van der Waals surface area (Å²) in [5.41, 5.74) is 7.13. The van der Waals surface area contributed by atoms with Crippen LogP contribution < -0.4 is 20.5 Å². The van der Waals surface area contributed by atoms with Crippen LogP contribution in [-0.2, 0) is 16.0 Å². The molecule has 2 N–H and O–H groups in total. The van der Waals surface area contributed by atoms with Gasteiger partial charge in [-0.05, 0) is 55.7 Å². The van der Waals surface area contributed by atoms with E-state index in [2.05, 4.69) is 28.7 Å². The number of aryl methyl sites for hydroxylation is 1. The topological polar surface area (TPSA) is 70.7 Å². The van der Waals surface area contributed by atoms with Crippen LogP contribution in [0.3, 0.4) is 0 Å². The lowest BCUT2D eigenvalue weighted by atomic mass is 9.97. The van der Waals surface area contributed by atoms with Crippen LogP contribution in [0.1, 0.15) is 18.9 Å². The van der Waals surface area contributed by atoms with Crippen LogP contribution in [-0.4, -0.2) is 31.0 Å². The first-order valence-electron chi connectivity index (χ1n) is 8.83. The van der Waals surface area contributed by atoms with Gasteiger partial charge >= 0.3 is 0 Å². The second kappa shape index (κ2) is 8.77. The van der Waals surface area contributed by atoms with E-state index in [0.29, 0.717) is 10.8 Å². The molecule has 0 bridgehead atoms. The van der Waals surface area contributed by atoms with Crippen molar-refractivity contribution in [3.63, 3.8) is 0 Å². The Morgan fingerprint density at radius 2 is 1.81 bits per heavy atom. The Morgan fingerprint density at radius 3 is 2.59 bits per heavy atom. The molecule has 0 saturated heterocycles. The van der Waals surface area contributed by atoms with Crippen molar-refractivity contribution in [1.29, 1.82) is 0 Å². The highest BCUT2D eigenvalue weighted by molar-refractivity contribution is 6.30. The number of benzene rings is 2. The highest BCUT2D eigenvalue weighted by Crippen LogP contribution is 2.29. The molecule has 0 saturated carbocycles. The number of fused-ring (bicyclic) bond motifs is 1. The van der Waals surface area contributed by atoms with Crippen molar-refractivity contribution in [3.05, 3.63) is 59.1 Å². The lowest BCUT2D eigenvalue weighted by molar-refractivity contribution is -0.129. The number of rotatable bonds is 5. The molecule has 2 aromatic carbocycles. The Balaban J connectivity index is 1.47. The number of amides is 2. The van der Waals surface area contributed by atoms with E-state index in [1.165, 1.54) is 5.56 Å². The highest BCUT2D eigenvalue weighted by atomic mass is 35.5. The molecular formula is C20H22ClN3O3. The monoisotopic (exact) mass is 387 g/mol. The summed E-state index contributed by atoms with van der Waals surface area (Å²) in [6, 6.07) is 15.0. The Kier molecular flexibility index (Phi) is 6.19. The molecule has 1 atom stereocenters. The first kappa shape index (κ1) is 19.0. The number of nitrogens with zero attached hydrogens (tertiary/aromatic N) is 1. The predicted octanol–water partition coefficient (Wildman–Crippen LogP) is 2.71. The van der Waals surface area contributed by atoms with Crippen LogP contribution in [0.2, 0.25) is 5.02 Å². The van der Waals surface area contributed by atoms with Crippen molar-refractivity contribution in [3.8, 4) is 5.75 Å². The molecule has 1 aliphatic rings. The SMILES string of the molecule is C[C@@H]1CCc2ccccc2N1CC(=O)NNC(=O)COc1ccc(Cl)cc1. The van der Waals surface area contributed by atoms with Gasteiger partial charge in [0.05, 0.1) is 6.54 Å². The Bertz CT molecular complexity index is 810. The maximum absolute atomic E-state index is 12.3. The van der Waals surface area contributed by atoms with E-state index in [9.17, 15) is 9.59 Å². The molecule has 0 aromatic heterocycles. The van der Waals surface area contributed by atoms with Crippen molar-refractivity contribution >= 4 is 29.1 Å². The third-order valence-electron chi connectivity index (χ3n) is 4.50. The van der Waals surface area contributed by atoms with E-state index in [1.54, 1.807) is 24.3 Å². The van der Waals surface area contributed by atoms with Gasteiger partial charge in [-0.2, -0.15) is 0 Å². The van der Waals surface area contributed by atoms with Gasteiger partial charge < -0.3 is 9.64 Å². The molecule has 2 aromatic rings. The number of carbonyl (C=O) groups excluding carboxylic acids is 2. The van der Waals surface area contributed by atoms with Crippen molar-refractivity contribution in [2.24, 2.45) is 0 Å². The zero-order chi connectivity index (χ0) is 19.2. The van der Waals surface area contributed by atoms with Gasteiger partial charge in [-0.3, -0.25) is 20.4 Å². The van der Waals surface area contributed by atoms with Gasteiger partial charge in [-0.25, -0.2) is 0 Å². The fourth-order valence-corrected chi connectivity index (χ4v) is 3.18. The number of ether oxygens (including phenoxy) is 1. The van der Waals surface area contributed by atoms with Crippen LogP contribution in [0.5, 0.6) is 5.75 Å². The summed E-state index contributed by atoms with van der Waals surface area (Å²) < 4.78 is 5.34. The van der Waals surface area contributed by atoms with E-state index < -0.39 is 5.91 Å². The maximum Gasteiger partial charge on any atom is 0.276 e. The zero-order valence-corrected chi connectivity index (χ0v) is 15.8. The fraction of sp³-hybridized carbons (Fsp3) is 0.300. The number of hydrogen-bond acceptors (Lipinski definition) is 4. The number of hydrogen-bond donors (Lipinski definition) is 2. The minimum absolute atomic E-state index is 0.177. The average Bonchev–Trinajstić information content (AvgIpc) is 2.68. The molecule has 1 heterocycles. The molecule has 2 amide bonds. The number of hydrazine groups is 1. The summed E-state index contributed by atoms with van der Waals surface area (Å²) in [5.74, 6) is -0.191. The summed E-state index contributed by atoms with van der Waals surface area (Å²) >= 11 is 5.79. The van der Waals surface area contributed by atoms with E-state index in [-0.39, 0.29) is 25.1 Å². The number of para-hydroxylation sites is 1. The zero-order valence-electron chi connectivity index (χ0n) is 15.1. The van der Waals surface area contributed by atoms with E-state index in [1.807, 2.05) is 18.2 Å². The molecule has 3 rings (SSSR count). The summed E-state index contributed by atoms with van der Waals surface area (Å²) in [5, 5.41) is 0.590. The molecule has 0 fully saturated rings. The molecule has 0 aliphatic carbocycles. The second-order valence-electron chi connectivity index (χ2n) is 6.48. The Hall–Kier alpha value is -2.73. The van der Waals surface area contributed by atoms with E-state index in [0.717, 1.165) is 18.5 Å². The summed E-state index contributed by atoms with van der Waals surface area (Å²) in [6.45, 7) is 2.07. The molecular weight excluding hydrogens is 366 g/mol. The Morgan fingerprint density at radius 1 is 1.11 bits per heavy atom. The van der Waals surface area contributed by atoms with Gasteiger partial charge in [0.25, 0.3) is 11.8 Å². The number of halogens is 1. The Labute approximate surface area is 163 Å². The van der Waals surface area contributed by atoms with Crippen LogP contribution >= 0.6 is 11.6 Å². The third kappa shape index (κ3) is 5.14. The van der Waals surface area contributed by atoms with Crippen molar-refractivity contribution < 1.29 is 14.3 Å². The fourth-order valence-electron chi connectivity index (χ4n) is 3.05.